The lowest BCUT2D eigenvalue weighted by Gasteiger charge is -2.13. The second kappa shape index (κ2) is 6.22. The molecule has 0 atom stereocenters. The zero-order valence-electron chi connectivity index (χ0n) is 12.6. The average molecular weight is 331 g/mol. The molecule has 1 heterocycles. The number of rotatable bonds is 4. The molecule has 0 unspecified atom stereocenters. The fraction of sp³-hybridized carbons (Fsp3) is 0.118. The molecule has 0 aliphatic rings. The van der Waals surface area contributed by atoms with Gasteiger partial charge in [-0.25, -0.2) is 0 Å². The van der Waals surface area contributed by atoms with E-state index in [2.05, 4.69) is 10.3 Å². The minimum absolute atomic E-state index is 0.0446. The van der Waals surface area contributed by atoms with Gasteiger partial charge in [0.2, 0.25) is 0 Å². The van der Waals surface area contributed by atoms with Gasteiger partial charge in [0.15, 0.2) is 11.5 Å². The van der Waals surface area contributed by atoms with Crippen LogP contribution in [0, 0.1) is 0 Å². The van der Waals surface area contributed by atoms with Crippen LogP contribution in [0.4, 0.5) is 11.4 Å². The first-order valence-electron chi connectivity index (χ1n) is 6.88. The summed E-state index contributed by atoms with van der Waals surface area (Å²) in [5.74, 6) is 1.29. The molecule has 0 aliphatic carbocycles. The van der Waals surface area contributed by atoms with E-state index < -0.39 is 0 Å². The molecular weight excluding hydrogens is 316 g/mol. The summed E-state index contributed by atoms with van der Waals surface area (Å²) in [5, 5.41) is 13.9. The molecule has 6 heteroatoms. The molecule has 3 rings (SSSR count). The molecule has 2 N–H and O–H groups in total. The van der Waals surface area contributed by atoms with Crippen molar-refractivity contribution < 1.29 is 14.6 Å². The van der Waals surface area contributed by atoms with Crippen molar-refractivity contribution in [2.75, 3.05) is 19.5 Å². The van der Waals surface area contributed by atoms with E-state index in [4.69, 9.17) is 21.1 Å². The summed E-state index contributed by atoms with van der Waals surface area (Å²) in [6.07, 6.45) is 1.71. The number of nitrogens with zero attached hydrogens (tertiary/aromatic N) is 1. The lowest BCUT2D eigenvalue weighted by molar-refractivity contribution is 0.356. The molecule has 0 aliphatic heterocycles. The molecule has 0 amide bonds. The fourth-order valence-corrected chi connectivity index (χ4v) is 2.50. The maximum Gasteiger partial charge on any atom is 0.162 e. The number of anilines is 2. The third-order valence-corrected chi connectivity index (χ3v) is 3.78. The standard InChI is InChI=1S/C17H15ClN2O3/c1-22-16-8-11-13(5-6-19-14(11)9-17(16)23-2)20-10-3-4-15(21)12(18)7-10/h3-9,21H,1-2H3,(H,19,20). The number of halogens is 1. The highest BCUT2D eigenvalue weighted by molar-refractivity contribution is 6.32. The molecule has 1 aromatic heterocycles. The Bertz CT molecular complexity index is 868. The minimum atomic E-state index is 0.0446. The van der Waals surface area contributed by atoms with E-state index >= 15 is 0 Å². The number of aromatic nitrogens is 1. The van der Waals surface area contributed by atoms with Crippen molar-refractivity contribution in [1.29, 1.82) is 0 Å². The topological polar surface area (TPSA) is 63.6 Å². The molecule has 0 saturated carbocycles. The number of ether oxygens (including phenoxy) is 2. The molecule has 5 nitrogen and oxygen atoms in total. The summed E-state index contributed by atoms with van der Waals surface area (Å²) >= 11 is 5.95. The molecule has 0 bridgehead atoms. The van der Waals surface area contributed by atoms with Crippen molar-refractivity contribution in [2.24, 2.45) is 0 Å². The van der Waals surface area contributed by atoms with Gasteiger partial charge in [-0.05, 0) is 30.3 Å². The van der Waals surface area contributed by atoms with E-state index in [0.29, 0.717) is 11.5 Å². The largest absolute Gasteiger partial charge is 0.506 e. The lowest BCUT2D eigenvalue weighted by atomic mass is 10.1. The van der Waals surface area contributed by atoms with Crippen LogP contribution >= 0.6 is 11.6 Å². The quantitative estimate of drug-likeness (QED) is 0.696. The van der Waals surface area contributed by atoms with Crippen LogP contribution in [0.25, 0.3) is 10.9 Å². The van der Waals surface area contributed by atoms with Gasteiger partial charge < -0.3 is 19.9 Å². The van der Waals surface area contributed by atoms with E-state index in [0.717, 1.165) is 22.3 Å². The Morgan fingerprint density at radius 1 is 1.04 bits per heavy atom. The minimum Gasteiger partial charge on any atom is -0.506 e. The Labute approximate surface area is 138 Å². The van der Waals surface area contributed by atoms with Gasteiger partial charge in [-0.1, -0.05) is 11.6 Å². The third kappa shape index (κ3) is 2.96. The van der Waals surface area contributed by atoms with Gasteiger partial charge in [-0.3, -0.25) is 4.98 Å². The molecule has 0 saturated heterocycles. The van der Waals surface area contributed by atoms with Crippen molar-refractivity contribution in [1.82, 2.24) is 4.98 Å². The number of aromatic hydroxyl groups is 1. The maximum absolute atomic E-state index is 9.51. The summed E-state index contributed by atoms with van der Waals surface area (Å²) in [5.41, 5.74) is 2.38. The first kappa shape index (κ1) is 15.2. The Morgan fingerprint density at radius 3 is 2.48 bits per heavy atom. The Hall–Kier alpha value is -2.66. The van der Waals surface area contributed by atoms with Crippen LogP contribution in [-0.4, -0.2) is 24.3 Å². The van der Waals surface area contributed by atoms with Crippen molar-refractivity contribution in [3.63, 3.8) is 0 Å². The Kier molecular flexibility index (Phi) is 4.12. The van der Waals surface area contributed by atoms with E-state index in [9.17, 15) is 5.11 Å². The first-order chi connectivity index (χ1) is 11.1. The van der Waals surface area contributed by atoms with Crippen LogP contribution in [0.1, 0.15) is 0 Å². The highest BCUT2D eigenvalue weighted by Gasteiger charge is 2.10. The van der Waals surface area contributed by atoms with Crippen LogP contribution in [0.2, 0.25) is 5.02 Å². The average Bonchev–Trinajstić information content (AvgIpc) is 2.57. The van der Waals surface area contributed by atoms with Crippen molar-refractivity contribution in [3.05, 3.63) is 47.6 Å². The lowest BCUT2D eigenvalue weighted by Crippen LogP contribution is -1.95. The summed E-state index contributed by atoms with van der Waals surface area (Å²) < 4.78 is 10.7. The summed E-state index contributed by atoms with van der Waals surface area (Å²) in [7, 11) is 3.18. The highest BCUT2D eigenvalue weighted by atomic mass is 35.5. The number of pyridine rings is 1. The summed E-state index contributed by atoms with van der Waals surface area (Å²) in [4.78, 5) is 4.36. The molecule has 118 valence electrons. The van der Waals surface area contributed by atoms with Crippen LogP contribution in [0.5, 0.6) is 17.2 Å². The van der Waals surface area contributed by atoms with Crippen LogP contribution in [0.3, 0.4) is 0 Å². The van der Waals surface area contributed by atoms with Crippen LogP contribution in [0.15, 0.2) is 42.6 Å². The van der Waals surface area contributed by atoms with Gasteiger partial charge in [0.1, 0.15) is 5.75 Å². The van der Waals surface area contributed by atoms with Gasteiger partial charge in [0, 0.05) is 29.0 Å². The normalized spacial score (nSPS) is 10.6. The van der Waals surface area contributed by atoms with Gasteiger partial charge in [-0.15, -0.1) is 0 Å². The molecule has 23 heavy (non-hydrogen) atoms. The molecule has 0 radical (unpaired) electrons. The molecule has 3 aromatic rings. The third-order valence-electron chi connectivity index (χ3n) is 3.47. The van der Waals surface area contributed by atoms with E-state index in [1.54, 1.807) is 32.5 Å². The predicted molar refractivity (Wildman–Crippen MR) is 91.2 cm³/mol. The SMILES string of the molecule is COc1cc2nccc(Nc3ccc(O)c(Cl)c3)c2cc1OC. The van der Waals surface area contributed by atoms with Crippen LogP contribution in [-0.2, 0) is 0 Å². The van der Waals surface area contributed by atoms with E-state index in [1.165, 1.54) is 6.07 Å². The van der Waals surface area contributed by atoms with Crippen molar-refractivity contribution in [3.8, 4) is 17.2 Å². The zero-order valence-corrected chi connectivity index (χ0v) is 13.4. The van der Waals surface area contributed by atoms with Crippen LogP contribution < -0.4 is 14.8 Å². The Balaban J connectivity index is 2.08. The molecule has 0 fully saturated rings. The number of fused-ring (bicyclic) bond motifs is 1. The summed E-state index contributed by atoms with van der Waals surface area (Å²) in [6.45, 7) is 0. The number of phenolic OH excluding ortho intramolecular Hbond substituents is 1. The number of benzene rings is 2. The monoisotopic (exact) mass is 330 g/mol. The van der Waals surface area contributed by atoms with Gasteiger partial charge >= 0.3 is 0 Å². The number of nitrogens with one attached hydrogen (secondary N) is 1. The maximum atomic E-state index is 9.51. The second-order valence-electron chi connectivity index (χ2n) is 4.87. The molecular formula is C17H15ClN2O3. The van der Waals surface area contributed by atoms with E-state index in [-0.39, 0.29) is 10.8 Å². The number of hydrogen-bond donors (Lipinski definition) is 2. The number of phenols is 1. The highest BCUT2D eigenvalue weighted by Crippen LogP contribution is 2.36. The summed E-state index contributed by atoms with van der Waals surface area (Å²) in [6, 6.07) is 10.5. The smallest absolute Gasteiger partial charge is 0.162 e. The van der Waals surface area contributed by atoms with Crippen molar-refractivity contribution >= 4 is 33.9 Å². The van der Waals surface area contributed by atoms with Crippen molar-refractivity contribution in [2.45, 2.75) is 0 Å². The number of methoxy groups -OCH3 is 2. The zero-order chi connectivity index (χ0) is 16.4. The predicted octanol–water partition coefficient (Wildman–Crippen LogP) is 4.35. The first-order valence-corrected chi connectivity index (χ1v) is 7.26. The fourth-order valence-electron chi connectivity index (χ4n) is 2.32. The second-order valence-corrected chi connectivity index (χ2v) is 5.28. The number of hydrogen-bond acceptors (Lipinski definition) is 5. The molecule has 0 spiro atoms. The van der Waals surface area contributed by atoms with Gasteiger partial charge in [0.25, 0.3) is 0 Å². The van der Waals surface area contributed by atoms with Gasteiger partial charge in [-0.2, -0.15) is 0 Å². The van der Waals surface area contributed by atoms with E-state index in [1.807, 2.05) is 18.2 Å². The van der Waals surface area contributed by atoms with Gasteiger partial charge in [0.05, 0.1) is 24.8 Å². The molecule has 2 aromatic carbocycles. The Morgan fingerprint density at radius 2 is 1.78 bits per heavy atom.